The molecule has 1 aromatic heterocycles. The molecule has 0 bridgehead atoms. The summed E-state index contributed by atoms with van der Waals surface area (Å²) in [6, 6.07) is 14.0. The van der Waals surface area contributed by atoms with Crippen LogP contribution in [0.15, 0.2) is 46.9 Å². The second kappa shape index (κ2) is 7.64. The molecule has 0 amide bonds. The van der Waals surface area contributed by atoms with Gasteiger partial charge in [0.1, 0.15) is 5.82 Å². The Kier molecular flexibility index (Phi) is 5.36. The average Bonchev–Trinajstić information content (AvgIpc) is 3.04. The van der Waals surface area contributed by atoms with Crippen LogP contribution in [0.1, 0.15) is 56.4 Å². The predicted molar refractivity (Wildman–Crippen MR) is 118 cm³/mol. The minimum absolute atomic E-state index is 0.0639. The van der Waals surface area contributed by atoms with E-state index in [0.29, 0.717) is 12.5 Å². The molecular formula is C24H28BrFN2. The third-order valence-electron chi connectivity index (χ3n) is 5.82. The van der Waals surface area contributed by atoms with Crippen molar-refractivity contribution >= 4 is 26.8 Å². The molecule has 0 aliphatic carbocycles. The summed E-state index contributed by atoms with van der Waals surface area (Å²) in [7, 11) is 0. The Morgan fingerprint density at radius 3 is 2.71 bits per heavy atom. The van der Waals surface area contributed by atoms with E-state index in [-0.39, 0.29) is 11.2 Å². The summed E-state index contributed by atoms with van der Waals surface area (Å²) >= 11 is 3.35. The molecule has 2 heterocycles. The minimum Gasteiger partial charge on any atom is -0.358 e. The quantitative estimate of drug-likeness (QED) is 0.475. The minimum atomic E-state index is -0.126. The number of likely N-dealkylation sites (tertiary alicyclic amines) is 1. The van der Waals surface area contributed by atoms with Gasteiger partial charge in [-0.1, -0.05) is 61.0 Å². The van der Waals surface area contributed by atoms with Gasteiger partial charge in [-0.2, -0.15) is 0 Å². The van der Waals surface area contributed by atoms with Crippen LogP contribution >= 0.6 is 15.9 Å². The maximum atomic E-state index is 14.3. The molecule has 28 heavy (non-hydrogen) atoms. The lowest BCUT2D eigenvalue weighted by atomic mass is 9.81. The second-order valence-corrected chi connectivity index (χ2v) is 9.93. The van der Waals surface area contributed by atoms with Gasteiger partial charge in [-0.15, -0.1) is 0 Å². The van der Waals surface area contributed by atoms with Crippen LogP contribution in [0.3, 0.4) is 0 Å². The Hall–Kier alpha value is -1.65. The molecule has 4 heteroatoms. The maximum absolute atomic E-state index is 14.3. The number of rotatable bonds is 3. The van der Waals surface area contributed by atoms with E-state index in [1.54, 1.807) is 6.07 Å². The van der Waals surface area contributed by atoms with Gasteiger partial charge in [-0.3, -0.25) is 4.90 Å². The highest BCUT2D eigenvalue weighted by atomic mass is 79.9. The average molecular weight is 443 g/mol. The van der Waals surface area contributed by atoms with E-state index in [1.165, 1.54) is 28.6 Å². The molecule has 2 nitrogen and oxygen atoms in total. The van der Waals surface area contributed by atoms with Gasteiger partial charge in [-0.25, -0.2) is 4.39 Å². The zero-order valence-corrected chi connectivity index (χ0v) is 18.4. The smallest absolute Gasteiger partial charge is 0.128 e. The Labute approximate surface area is 175 Å². The van der Waals surface area contributed by atoms with Crippen molar-refractivity contribution in [3.63, 3.8) is 0 Å². The van der Waals surface area contributed by atoms with E-state index in [0.717, 1.165) is 29.5 Å². The SMILES string of the molecule is CC(C)(C)c1[nH]c2ccccc2c1C1CCCN(Cc2ccc(Br)cc2F)C1. The molecule has 3 aromatic rings. The fourth-order valence-corrected chi connectivity index (χ4v) is 4.84. The Morgan fingerprint density at radius 2 is 1.96 bits per heavy atom. The summed E-state index contributed by atoms with van der Waals surface area (Å²) in [5.41, 5.74) is 4.87. The van der Waals surface area contributed by atoms with Gasteiger partial charge in [-0.05, 0) is 49.1 Å². The number of nitrogens with zero attached hydrogens (tertiary/aromatic N) is 1. The van der Waals surface area contributed by atoms with Crippen LogP contribution in [-0.2, 0) is 12.0 Å². The molecule has 1 N–H and O–H groups in total. The van der Waals surface area contributed by atoms with Crippen LogP contribution in [0.25, 0.3) is 10.9 Å². The summed E-state index contributed by atoms with van der Waals surface area (Å²) in [5.74, 6) is 0.344. The molecule has 2 aromatic carbocycles. The van der Waals surface area contributed by atoms with Crippen molar-refractivity contribution in [2.24, 2.45) is 0 Å². The van der Waals surface area contributed by atoms with Crippen LogP contribution in [0.2, 0.25) is 0 Å². The molecule has 1 unspecified atom stereocenters. The number of H-pyrrole nitrogens is 1. The normalized spacial score (nSPS) is 18.7. The van der Waals surface area contributed by atoms with Crippen molar-refractivity contribution in [2.45, 2.75) is 51.5 Å². The molecule has 148 valence electrons. The van der Waals surface area contributed by atoms with Crippen molar-refractivity contribution in [1.82, 2.24) is 9.88 Å². The highest BCUT2D eigenvalue weighted by Gasteiger charge is 2.30. The molecule has 1 saturated heterocycles. The number of piperidine rings is 1. The van der Waals surface area contributed by atoms with Crippen LogP contribution in [0.5, 0.6) is 0 Å². The number of fused-ring (bicyclic) bond motifs is 1. The van der Waals surface area contributed by atoms with Crippen molar-refractivity contribution in [3.8, 4) is 0 Å². The van der Waals surface area contributed by atoms with Gasteiger partial charge in [0.25, 0.3) is 0 Å². The molecule has 0 saturated carbocycles. The van der Waals surface area contributed by atoms with Crippen LogP contribution in [0, 0.1) is 5.82 Å². The predicted octanol–water partition coefficient (Wildman–Crippen LogP) is 6.75. The number of hydrogen-bond acceptors (Lipinski definition) is 1. The van der Waals surface area contributed by atoms with Crippen molar-refractivity contribution < 1.29 is 4.39 Å². The first-order chi connectivity index (χ1) is 13.3. The summed E-state index contributed by atoms with van der Waals surface area (Å²) in [6.45, 7) is 9.50. The first-order valence-electron chi connectivity index (χ1n) is 10.1. The number of aromatic nitrogens is 1. The number of nitrogens with one attached hydrogen (secondary N) is 1. The fraction of sp³-hybridized carbons (Fsp3) is 0.417. The first kappa shape index (κ1) is 19.7. The third kappa shape index (κ3) is 3.90. The summed E-state index contributed by atoms with van der Waals surface area (Å²) in [6.07, 6.45) is 2.33. The number of hydrogen-bond donors (Lipinski definition) is 1. The lowest BCUT2D eigenvalue weighted by Crippen LogP contribution is -2.35. The van der Waals surface area contributed by atoms with Gasteiger partial charge in [0, 0.05) is 45.1 Å². The van der Waals surface area contributed by atoms with E-state index >= 15 is 0 Å². The van der Waals surface area contributed by atoms with Crippen molar-refractivity contribution in [3.05, 3.63) is 69.6 Å². The molecule has 1 aliphatic rings. The maximum Gasteiger partial charge on any atom is 0.128 e. The lowest BCUT2D eigenvalue weighted by Gasteiger charge is -2.34. The van der Waals surface area contributed by atoms with Gasteiger partial charge in [0.15, 0.2) is 0 Å². The van der Waals surface area contributed by atoms with E-state index in [4.69, 9.17) is 0 Å². The number of aromatic amines is 1. The second-order valence-electron chi connectivity index (χ2n) is 9.02. The van der Waals surface area contributed by atoms with Gasteiger partial charge < -0.3 is 4.98 Å². The van der Waals surface area contributed by atoms with E-state index < -0.39 is 0 Å². The monoisotopic (exact) mass is 442 g/mol. The third-order valence-corrected chi connectivity index (χ3v) is 6.31. The van der Waals surface area contributed by atoms with E-state index in [2.05, 4.69) is 70.9 Å². The molecule has 1 atom stereocenters. The van der Waals surface area contributed by atoms with Crippen molar-refractivity contribution in [1.29, 1.82) is 0 Å². The van der Waals surface area contributed by atoms with Crippen molar-refractivity contribution in [2.75, 3.05) is 13.1 Å². The van der Waals surface area contributed by atoms with Crippen LogP contribution < -0.4 is 0 Å². The lowest BCUT2D eigenvalue weighted by molar-refractivity contribution is 0.197. The zero-order chi connectivity index (χ0) is 19.9. The zero-order valence-electron chi connectivity index (χ0n) is 16.9. The van der Waals surface area contributed by atoms with Gasteiger partial charge in [0.2, 0.25) is 0 Å². The summed E-state index contributed by atoms with van der Waals surface area (Å²) < 4.78 is 15.1. The van der Waals surface area contributed by atoms with Crippen LogP contribution in [0.4, 0.5) is 4.39 Å². The Balaban J connectivity index is 1.65. The summed E-state index contributed by atoms with van der Waals surface area (Å²) in [4.78, 5) is 6.11. The molecule has 0 spiro atoms. The number of benzene rings is 2. The first-order valence-corrected chi connectivity index (χ1v) is 10.9. The Bertz CT molecular complexity index is 986. The van der Waals surface area contributed by atoms with Gasteiger partial charge in [0.05, 0.1) is 0 Å². The fourth-order valence-electron chi connectivity index (χ4n) is 4.50. The molecule has 4 rings (SSSR count). The highest BCUT2D eigenvalue weighted by Crippen LogP contribution is 2.39. The largest absolute Gasteiger partial charge is 0.358 e. The molecule has 0 radical (unpaired) electrons. The molecular weight excluding hydrogens is 415 g/mol. The Morgan fingerprint density at radius 1 is 1.18 bits per heavy atom. The topological polar surface area (TPSA) is 19.0 Å². The summed E-state index contributed by atoms with van der Waals surface area (Å²) in [5, 5.41) is 1.34. The highest BCUT2D eigenvalue weighted by molar-refractivity contribution is 9.10. The van der Waals surface area contributed by atoms with E-state index in [1.807, 2.05) is 12.1 Å². The number of para-hydroxylation sites is 1. The van der Waals surface area contributed by atoms with E-state index in [9.17, 15) is 4.39 Å². The molecule has 1 fully saturated rings. The van der Waals surface area contributed by atoms with Gasteiger partial charge >= 0.3 is 0 Å². The number of halogens is 2. The van der Waals surface area contributed by atoms with Crippen LogP contribution in [-0.4, -0.2) is 23.0 Å². The molecule has 1 aliphatic heterocycles. The standard InChI is InChI=1S/C24H28BrFN2/c1-24(2,3)23-22(19-8-4-5-9-21(19)27-23)17-7-6-12-28(15-17)14-16-10-11-18(25)13-20(16)26/h4-5,8-11,13,17,27H,6-7,12,14-15H2,1-3H3.